The van der Waals surface area contributed by atoms with Crippen LogP contribution in [-0.4, -0.2) is 23.0 Å². The largest absolute Gasteiger partial charge is 0.294 e. The van der Waals surface area contributed by atoms with Crippen molar-refractivity contribution >= 4 is 0 Å². The van der Waals surface area contributed by atoms with Crippen molar-refractivity contribution in [1.29, 1.82) is 0 Å². The maximum absolute atomic E-state index is 2.58. The molecule has 0 radical (unpaired) electrons. The van der Waals surface area contributed by atoms with E-state index in [0.29, 0.717) is 0 Å². The summed E-state index contributed by atoms with van der Waals surface area (Å²) in [6.07, 6.45) is 0. The lowest BCUT2D eigenvalue weighted by Gasteiger charge is -2.55. The van der Waals surface area contributed by atoms with Crippen LogP contribution in [0, 0.1) is 10.8 Å². The molecule has 0 saturated heterocycles. The summed E-state index contributed by atoms with van der Waals surface area (Å²) in [5.74, 6) is 0. The van der Waals surface area contributed by atoms with Gasteiger partial charge in [0.1, 0.15) is 0 Å². The van der Waals surface area contributed by atoms with E-state index in [0.717, 1.165) is 0 Å². The van der Waals surface area contributed by atoms with Crippen molar-refractivity contribution in [1.82, 2.24) is 4.90 Å². The first-order valence-corrected chi connectivity index (χ1v) is 7.14. The van der Waals surface area contributed by atoms with Gasteiger partial charge in [0.05, 0.1) is 0 Å². The quantitative estimate of drug-likeness (QED) is 0.555. The molecule has 1 rings (SSSR count). The molecule has 0 aromatic carbocycles. The SMILES string of the molecule is CC1=C(C)C(C)(C)C(C)(C)N(C)C(C)(C)C1(C)C. The Morgan fingerprint density at radius 2 is 0.833 bits per heavy atom. The summed E-state index contributed by atoms with van der Waals surface area (Å²) in [6.45, 7) is 23.7. The average molecular weight is 251 g/mol. The Morgan fingerprint density at radius 3 is 1.06 bits per heavy atom. The molecule has 0 fully saturated rings. The third-order valence-corrected chi connectivity index (χ3v) is 7.17. The molecule has 0 unspecified atom stereocenters. The lowest BCUT2D eigenvalue weighted by atomic mass is 9.67. The van der Waals surface area contributed by atoms with Crippen LogP contribution in [0.5, 0.6) is 0 Å². The van der Waals surface area contributed by atoms with Crippen LogP contribution in [0.3, 0.4) is 0 Å². The Labute approximate surface area is 115 Å². The van der Waals surface area contributed by atoms with Crippen LogP contribution >= 0.6 is 0 Å². The maximum Gasteiger partial charge on any atom is 0.0243 e. The second-order valence-corrected chi connectivity index (χ2v) is 8.18. The molecule has 0 N–H and O–H groups in total. The molecule has 0 atom stereocenters. The fraction of sp³-hybridized carbons (Fsp3) is 0.882. The first-order chi connectivity index (χ1) is 7.72. The van der Waals surface area contributed by atoms with Gasteiger partial charge in [0, 0.05) is 21.9 Å². The van der Waals surface area contributed by atoms with Crippen LogP contribution in [0.2, 0.25) is 0 Å². The van der Waals surface area contributed by atoms with Gasteiger partial charge in [0.15, 0.2) is 0 Å². The van der Waals surface area contributed by atoms with Gasteiger partial charge in [0.2, 0.25) is 0 Å². The van der Waals surface area contributed by atoms with Crippen molar-refractivity contribution < 1.29 is 0 Å². The van der Waals surface area contributed by atoms with Gasteiger partial charge < -0.3 is 0 Å². The molecule has 106 valence electrons. The molecule has 18 heavy (non-hydrogen) atoms. The topological polar surface area (TPSA) is 3.24 Å². The molecule has 1 aliphatic heterocycles. The van der Waals surface area contributed by atoms with Crippen molar-refractivity contribution in [3.05, 3.63) is 11.1 Å². The van der Waals surface area contributed by atoms with Gasteiger partial charge in [0.25, 0.3) is 0 Å². The lowest BCUT2D eigenvalue weighted by molar-refractivity contribution is -0.0489. The normalized spacial score (nSPS) is 30.2. The van der Waals surface area contributed by atoms with Crippen LogP contribution in [0.25, 0.3) is 0 Å². The first kappa shape index (κ1) is 15.8. The zero-order chi connectivity index (χ0) is 14.7. The Balaban J connectivity index is 3.69. The zero-order valence-corrected chi connectivity index (χ0v) is 14.4. The lowest BCUT2D eigenvalue weighted by Crippen LogP contribution is -2.62. The number of hydrogen-bond donors (Lipinski definition) is 0. The monoisotopic (exact) mass is 251 g/mol. The van der Waals surface area contributed by atoms with Crippen LogP contribution in [0.15, 0.2) is 11.1 Å². The highest BCUT2D eigenvalue weighted by Gasteiger charge is 2.55. The van der Waals surface area contributed by atoms with Crippen LogP contribution in [-0.2, 0) is 0 Å². The van der Waals surface area contributed by atoms with Crippen LogP contribution in [0.4, 0.5) is 0 Å². The third kappa shape index (κ3) is 1.62. The average Bonchev–Trinajstić information content (AvgIpc) is 2.24. The van der Waals surface area contributed by atoms with Gasteiger partial charge >= 0.3 is 0 Å². The Morgan fingerprint density at radius 1 is 0.611 bits per heavy atom. The summed E-state index contributed by atoms with van der Waals surface area (Å²) in [7, 11) is 2.29. The first-order valence-electron chi connectivity index (χ1n) is 7.14. The van der Waals surface area contributed by atoms with Gasteiger partial charge in [-0.05, 0) is 48.6 Å². The van der Waals surface area contributed by atoms with Crippen molar-refractivity contribution in [2.24, 2.45) is 10.8 Å². The number of hydrogen-bond acceptors (Lipinski definition) is 1. The van der Waals surface area contributed by atoms with Crippen LogP contribution in [0.1, 0.15) is 69.2 Å². The second kappa shape index (κ2) is 3.85. The predicted octanol–water partition coefficient (Wildman–Crippen LogP) is 4.88. The molecule has 1 heterocycles. The molecular formula is C17H33N. The summed E-state index contributed by atoms with van der Waals surface area (Å²) >= 11 is 0. The smallest absolute Gasteiger partial charge is 0.0243 e. The van der Waals surface area contributed by atoms with Gasteiger partial charge in [-0.3, -0.25) is 4.90 Å². The molecule has 0 spiro atoms. The van der Waals surface area contributed by atoms with E-state index in [1.807, 2.05) is 0 Å². The molecule has 0 saturated carbocycles. The van der Waals surface area contributed by atoms with E-state index in [-0.39, 0.29) is 21.9 Å². The molecule has 1 nitrogen and oxygen atoms in total. The van der Waals surface area contributed by atoms with E-state index in [2.05, 4.69) is 81.2 Å². The Bertz CT molecular complexity index is 344. The minimum absolute atomic E-state index is 0.135. The third-order valence-electron chi connectivity index (χ3n) is 7.17. The number of nitrogens with zero attached hydrogens (tertiary/aromatic N) is 1. The van der Waals surface area contributed by atoms with Gasteiger partial charge in [-0.1, -0.05) is 38.8 Å². The fourth-order valence-corrected chi connectivity index (χ4v) is 3.39. The molecule has 0 aliphatic carbocycles. The molecule has 0 amide bonds. The van der Waals surface area contributed by atoms with Gasteiger partial charge in [-0.15, -0.1) is 0 Å². The van der Waals surface area contributed by atoms with E-state index in [1.54, 1.807) is 11.1 Å². The summed E-state index contributed by atoms with van der Waals surface area (Å²) in [5, 5.41) is 0. The standard InChI is InChI=1S/C17H33N/c1-12-13(2)15(5,6)17(9,10)18(11)16(7,8)14(12,3)4/h1-11H3. The molecule has 0 aromatic rings. The van der Waals surface area contributed by atoms with Crippen molar-refractivity contribution in [2.75, 3.05) is 7.05 Å². The highest BCUT2D eigenvalue weighted by Crippen LogP contribution is 2.55. The summed E-state index contributed by atoms with van der Waals surface area (Å²) < 4.78 is 0. The van der Waals surface area contributed by atoms with E-state index in [1.165, 1.54) is 0 Å². The fourth-order valence-electron chi connectivity index (χ4n) is 3.39. The summed E-state index contributed by atoms with van der Waals surface area (Å²) in [4.78, 5) is 2.58. The Hall–Kier alpha value is -0.300. The predicted molar refractivity (Wildman–Crippen MR) is 81.9 cm³/mol. The number of rotatable bonds is 0. The van der Waals surface area contributed by atoms with Gasteiger partial charge in [-0.25, -0.2) is 0 Å². The molecule has 1 heteroatoms. The van der Waals surface area contributed by atoms with Crippen LogP contribution < -0.4 is 0 Å². The molecular weight excluding hydrogens is 218 g/mol. The molecule has 0 bridgehead atoms. The Kier molecular flexibility index (Phi) is 3.37. The van der Waals surface area contributed by atoms with Crippen molar-refractivity contribution in [3.63, 3.8) is 0 Å². The minimum Gasteiger partial charge on any atom is -0.294 e. The highest BCUT2D eigenvalue weighted by molar-refractivity contribution is 5.32. The zero-order valence-electron chi connectivity index (χ0n) is 14.4. The molecule has 1 aliphatic rings. The summed E-state index contributed by atoms with van der Waals surface area (Å²) in [6, 6.07) is 0. The van der Waals surface area contributed by atoms with E-state index in [9.17, 15) is 0 Å². The van der Waals surface area contributed by atoms with Crippen molar-refractivity contribution in [3.8, 4) is 0 Å². The van der Waals surface area contributed by atoms with E-state index in [4.69, 9.17) is 0 Å². The van der Waals surface area contributed by atoms with E-state index >= 15 is 0 Å². The van der Waals surface area contributed by atoms with Gasteiger partial charge in [-0.2, -0.15) is 0 Å². The summed E-state index contributed by atoms with van der Waals surface area (Å²) in [5.41, 5.74) is 3.73. The molecule has 0 aromatic heterocycles. The minimum atomic E-state index is 0.135. The second-order valence-electron chi connectivity index (χ2n) is 8.18. The van der Waals surface area contributed by atoms with Crippen molar-refractivity contribution in [2.45, 2.75) is 80.3 Å². The van der Waals surface area contributed by atoms with E-state index < -0.39 is 0 Å². The maximum atomic E-state index is 2.58. The highest BCUT2D eigenvalue weighted by atomic mass is 15.3.